The number of carbonyl (C=O) groups excluding carboxylic acids is 3. The maximum Gasteiger partial charge on any atom is 0.321 e. The van der Waals surface area contributed by atoms with Crippen molar-refractivity contribution >= 4 is 41.5 Å². The van der Waals surface area contributed by atoms with E-state index in [-0.39, 0.29) is 36.6 Å². The molecule has 3 aromatic heterocycles. The SMILES string of the molecule is CCCC[C@@H](C)CCC/C(C)=C/COC(=O)CC[C@@H]1/C2=C3/c4[nH]c(c(C)c4C(=O)[C@@H]3C(=O)OC)/C=c3\[nH]/c(c(C)c3CC)=C\c3[nH]c(c(C)c3CC)/C=C(\N2)[C@H]1C. The molecule has 0 unspecified atom stereocenters. The molecule has 0 aromatic carbocycles. The van der Waals surface area contributed by atoms with Crippen LogP contribution in [0.15, 0.2) is 23.0 Å². The van der Waals surface area contributed by atoms with Gasteiger partial charge in [-0.1, -0.05) is 65.9 Å². The largest absolute Gasteiger partial charge is 0.468 e. The van der Waals surface area contributed by atoms with E-state index in [0.29, 0.717) is 23.3 Å². The molecule has 3 aromatic rings. The Morgan fingerprint density at radius 3 is 2.26 bits per heavy atom. The van der Waals surface area contributed by atoms with Gasteiger partial charge in [-0.15, -0.1) is 0 Å². The number of allylic oxidation sites excluding steroid dienone is 3. The average molecular weight is 777 g/mol. The van der Waals surface area contributed by atoms with Crippen LogP contribution in [0.4, 0.5) is 0 Å². The summed E-state index contributed by atoms with van der Waals surface area (Å²) in [6.07, 6.45) is 18.0. The van der Waals surface area contributed by atoms with E-state index in [1.165, 1.54) is 60.6 Å². The molecule has 2 aliphatic heterocycles. The first-order chi connectivity index (χ1) is 27.3. The molecule has 4 atom stereocenters. The van der Waals surface area contributed by atoms with Gasteiger partial charge in [-0.05, 0) is 118 Å². The zero-order chi connectivity index (χ0) is 41.1. The van der Waals surface area contributed by atoms with Crippen molar-refractivity contribution in [3.63, 3.8) is 0 Å². The lowest BCUT2D eigenvalue weighted by molar-refractivity contribution is -0.143. The Hall–Kier alpha value is -4.79. The van der Waals surface area contributed by atoms with E-state index in [1.54, 1.807) is 0 Å². The van der Waals surface area contributed by atoms with Crippen molar-refractivity contribution in [1.29, 1.82) is 0 Å². The quantitative estimate of drug-likeness (QED) is 0.0696. The molecule has 306 valence electrons. The van der Waals surface area contributed by atoms with Crippen molar-refractivity contribution in [2.45, 2.75) is 127 Å². The summed E-state index contributed by atoms with van der Waals surface area (Å²) in [5, 5.41) is 5.74. The number of ether oxygens (including phenoxy) is 2. The summed E-state index contributed by atoms with van der Waals surface area (Å²) in [5.74, 6) is -1.78. The average Bonchev–Trinajstić information content (AvgIpc) is 3.93. The number of ketones is 1. The van der Waals surface area contributed by atoms with E-state index in [2.05, 4.69) is 93.9 Å². The Morgan fingerprint density at radius 2 is 1.56 bits per heavy atom. The van der Waals surface area contributed by atoms with Crippen molar-refractivity contribution < 1.29 is 23.9 Å². The van der Waals surface area contributed by atoms with Crippen LogP contribution >= 0.6 is 0 Å². The monoisotopic (exact) mass is 776 g/mol. The van der Waals surface area contributed by atoms with Crippen LogP contribution in [0.1, 0.15) is 154 Å². The molecule has 1 fully saturated rings. The standard InChI is InChI=1S/C48H64N4O5/c1-11-14-16-26(4)17-15-18-27(5)21-22-57-41(53)20-19-34-30(8)37-23-35-28(6)32(12-2)39(49-35)24-36-29(7)33(13-3)40(50-36)25-38-31(9)42-46(52-38)43(45(34)51-37)44(47(42)54)48(55)56-10/h21,23-26,30,34,44,49-52H,11-20,22H2,1-10H3/b27-21+,36-24-,37-23-,40-25-,45-43-/t26-,30+,34+,44-/m1/s1. The van der Waals surface area contributed by atoms with Crippen molar-refractivity contribution in [1.82, 2.24) is 20.3 Å². The first-order valence-electron chi connectivity index (χ1n) is 21.3. The van der Waals surface area contributed by atoms with E-state index in [4.69, 9.17) is 9.47 Å². The third kappa shape index (κ3) is 8.30. The number of methoxy groups -OCH3 is 1. The lowest BCUT2D eigenvalue weighted by atomic mass is 9.85. The number of carbonyl (C=O) groups is 3. The van der Waals surface area contributed by atoms with Crippen LogP contribution in [-0.4, -0.2) is 46.4 Å². The van der Waals surface area contributed by atoms with Gasteiger partial charge < -0.3 is 29.7 Å². The van der Waals surface area contributed by atoms with Gasteiger partial charge in [-0.25, -0.2) is 0 Å². The molecule has 0 spiro atoms. The fraction of sp³-hybridized carbons (Fsp3) is 0.521. The van der Waals surface area contributed by atoms with Gasteiger partial charge in [0.2, 0.25) is 0 Å². The van der Waals surface area contributed by atoms with E-state index in [1.807, 2.05) is 13.0 Å². The van der Waals surface area contributed by atoms with Crippen molar-refractivity contribution in [3.8, 4) is 0 Å². The molecule has 3 aliphatic rings. The third-order valence-electron chi connectivity index (χ3n) is 13.0. The number of nitrogens with one attached hydrogen (secondary N) is 4. The number of esters is 2. The van der Waals surface area contributed by atoms with Crippen LogP contribution in [-0.2, 0) is 31.9 Å². The Labute approximate surface area is 338 Å². The number of aromatic nitrogens is 3. The highest BCUT2D eigenvalue weighted by Crippen LogP contribution is 2.48. The van der Waals surface area contributed by atoms with Crippen molar-refractivity contribution in [2.75, 3.05) is 13.7 Å². The number of Topliss-reactive ketones (excluding diaryl/α,β-unsaturated/α-hetero) is 1. The van der Waals surface area contributed by atoms with E-state index >= 15 is 0 Å². The second-order valence-electron chi connectivity index (χ2n) is 16.7. The Bertz CT molecular complexity index is 2260. The van der Waals surface area contributed by atoms with Crippen LogP contribution in [0, 0.1) is 44.4 Å². The normalized spacial score (nSPS) is 22.6. The summed E-state index contributed by atoms with van der Waals surface area (Å²) in [5.41, 5.74) is 13.2. The zero-order valence-electron chi connectivity index (χ0n) is 35.9. The van der Waals surface area contributed by atoms with Crippen LogP contribution in [0.5, 0.6) is 0 Å². The lowest BCUT2D eigenvalue weighted by Crippen LogP contribution is -2.25. The predicted molar refractivity (Wildman–Crippen MR) is 229 cm³/mol. The molecule has 9 heteroatoms. The summed E-state index contributed by atoms with van der Waals surface area (Å²) >= 11 is 0. The fourth-order valence-corrected chi connectivity index (χ4v) is 9.38. The van der Waals surface area contributed by atoms with Crippen molar-refractivity contribution in [3.05, 3.63) is 89.9 Å². The minimum absolute atomic E-state index is 0.0579. The summed E-state index contributed by atoms with van der Waals surface area (Å²) < 4.78 is 11.0. The maximum atomic E-state index is 14.4. The van der Waals surface area contributed by atoms with E-state index in [9.17, 15) is 14.4 Å². The van der Waals surface area contributed by atoms with Gasteiger partial charge in [0.05, 0.1) is 12.8 Å². The molecule has 6 rings (SSSR count). The lowest BCUT2D eigenvalue weighted by Gasteiger charge is -2.19. The van der Waals surface area contributed by atoms with Gasteiger partial charge >= 0.3 is 11.9 Å². The summed E-state index contributed by atoms with van der Waals surface area (Å²) in [6, 6.07) is 0. The zero-order valence-corrected chi connectivity index (χ0v) is 35.9. The van der Waals surface area contributed by atoms with Gasteiger partial charge in [-0.3, -0.25) is 14.4 Å². The second kappa shape index (κ2) is 17.8. The van der Waals surface area contributed by atoms with Gasteiger partial charge in [0.1, 0.15) is 12.5 Å². The van der Waals surface area contributed by atoms with Gasteiger partial charge in [0.25, 0.3) is 0 Å². The van der Waals surface area contributed by atoms with Crippen LogP contribution in [0.25, 0.3) is 23.8 Å². The molecule has 8 bridgehead atoms. The number of hydrogen-bond acceptors (Lipinski definition) is 6. The molecular weight excluding hydrogens is 713 g/mol. The highest BCUT2D eigenvalue weighted by Gasteiger charge is 2.48. The van der Waals surface area contributed by atoms with Gasteiger partial charge in [0, 0.05) is 68.6 Å². The Balaban J connectivity index is 1.39. The minimum Gasteiger partial charge on any atom is -0.468 e. The van der Waals surface area contributed by atoms with Gasteiger partial charge in [0.15, 0.2) is 5.78 Å². The molecule has 57 heavy (non-hydrogen) atoms. The summed E-state index contributed by atoms with van der Waals surface area (Å²) in [6.45, 7) is 19.7. The maximum absolute atomic E-state index is 14.4. The number of H-pyrrole nitrogens is 3. The van der Waals surface area contributed by atoms with Crippen LogP contribution in [0.3, 0.4) is 0 Å². The highest BCUT2D eigenvalue weighted by molar-refractivity contribution is 6.24. The Morgan fingerprint density at radius 1 is 0.860 bits per heavy atom. The number of fused-ring (bicyclic) bond motifs is 7. The minimum atomic E-state index is -1.13. The molecule has 0 amide bonds. The number of rotatable bonds is 15. The number of hydrogen-bond donors (Lipinski definition) is 4. The molecule has 1 aliphatic carbocycles. The van der Waals surface area contributed by atoms with Crippen LogP contribution < -0.4 is 16.0 Å². The van der Waals surface area contributed by atoms with E-state index < -0.39 is 11.9 Å². The third-order valence-corrected chi connectivity index (χ3v) is 13.0. The molecule has 0 saturated carbocycles. The highest BCUT2D eigenvalue weighted by atomic mass is 16.5. The van der Waals surface area contributed by atoms with Crippen molar-refractivity contribution in [2.24, 2.45) is 23.7 Å². The second-order valence-corrected chi connectivity index (χ2v) is 16.7. The molecule has 1 saturated heterocycles. The molecule has 5 heterocycles. The fourth-order valence-electron chi connectivity index (χ4n) is 9.38. The summed E-state index contributed by atoms with van der Waals surface area (Å²) in [4.78, 5) is 52.2. The first kappa shape index (κ1) is 41.8. The molecular formula is C48H64N4O5. The smallest absolute Gasteiger partial charge is 0.321 e. The topological polar surface area (TPSA) is 129 Å². The number of unbranched alkanes of at least 4 members (excludes halogenated alkanes) is 1. The molecule has 4 N–H and O–H groups in total. The van der Waals surface area contributed by atoms with Gasteiger partial charge in [-0.2, -0.15) is 0 Å². The van der Waals surface area contributed by atoms with E-state index in [0.717, 1.165) is 76.3 Å². The van der Waals surface area contributed by atoms with Crippen LogP contribution in [0.2, 0.25) is 0 Å². The first-order valence-corrected chi connectivity index (χ1v) is 21.3. The molecule has 0 radical (unpaired) electrons. The Kier molecular flexibility index (Phi) is 13.0. The predicted octanol–water partition coefficient (Wildman–Crippen LogP) is 8.55. The summed E-state index contributed by atoms with van der Waals surface area (Å²) in [7, 11) is 1.33. The molecule has 9 nitrogen and oxygen atoms in total. The number of aromatic amines is 3.